The van der Waals surface area contributed by atoms with Crippen molar-refractivity contribution < 1.29 is 37.9 Å². The molecule has 2 atom stereocenters. The Bertz CT molecular complexity index is 2030. The first kappa shape index (κ1) is 48.7. The zero-order valence-corrected chi connectivity index (χ0v) is 40.1. The lowest BCUT2D eigenvalue weighted by atomic mass is 9.72. The molecule has 1 unspecified atom stereocenters. The van der Waals surface area contributed by atoms with Crippen LogP contribution in [0.4, 0.5) is 0 Å². The van der Waals surface area contributed by atoms with Gasteiger partial charge in [0, 0.05) is 59.7 Å². The van der Waals surface area contributed by atoms with E-state index in [-0.39, 0.29) is 17.4 Å². The number of carbonyl (C=O) groups excluding carboxylic acids is 3. The number of thiocarbonyl (C=S) groups is 1. The van der Waals surface area contributed by atoms with E-state index in [2.05, 4.69) is 56.0 Å². The summed E-state index contributed by atoms with van der Waals surface area (Å²) in [6.45, 7) is 22.8. The molecule has 3 aliphatic rings. The molecule has 0 saturated heterocycles. The van der Waals surface area contributed by atoms with Crippen molar-refractivity contribution in [2.24, 2.45) is 16.7 Å². The van der Waals surface area contributed by atoms with Crippen molar-refractivity contribution >= 4 is 43.5 Å². The molecular formula is C48H65N4O8PS. The van der Waals surface area contributed by atoms with Crippen LogP contribution in [-0.2, 0) is 29.2 Å². The summed E-state index contributed by atoms with van der Waals surface area (Å²) in [6.07, 6.45) is 9.07. The smallest absolute Gasteiger partial charge is 0.339 e. The largest absolute Gasteiger partial charge is 0.456 e. The Hall–Kier alpha value is -4.34. The molecule has 14 heteroatoms. The van der Waals surface area contributed by atoms with Gasteiger partial charge in [-0.1, -0.05) is 26.2 Å². The maximum atomic E-state index is 14.0. The SMILES string of the molecule is CC(C)N(C(C)C)P(CCCCCCCNC(=S)NC1=CC2=C(C[C@H]1C)C1(OC2=O)c2ccc(OC(=O)C(C)(C)C)cc2Oc2cc(OC(=O)C(C)(C)C)ccc21)OCCC#N. The van der Waals surface area contributed by atoms with Gasteiger partial charge in [-0.2, -0.15) is 5.26 Å². The van der Waals surface area contributed by atoms with E-state index in [1.165, 1.54) is 0 Å². The highest BCUT2D eigenvalue weighted by atomic mass is 32.1. The van der Waals surface area contributed by atoms with E-state index in [1.807, 2.05) is 6.08 Å². The van der Waals surface area contributed by atoms with Gasteiger partial charge in [0.15, 0.2) is 10.7 Å². The summed E-state index contributed by atoms with van der Waals surface area (Å²) < 4.78 is 33.1. The van der Waals surface area contributed by atoms with Crippen molar-refractivity contribution in [3.05, 3.63) is 70.4 Å². The van der Waals surface area contributed by atoms with E-state index in [1.54, 1.807) is 77.9 Å². The molecule has 1 aliphatic carbocycles. The fourth-order valence-electron chi connectivity index (χ4n) is 7.78. The molecule has 0 saturated carbocycles. The van der Waals surface area contributed by atoms with Gasteiger partial charge in [0.1, 0.15) is 31.3 Å². The Morgan fingerprint density at radius 2 is 1.47 bits per heavy atom. The van der Waals surface area contributed by atoms with Crippen molar-refractivity contribution in [3.63, 3.8) is 0 Å². The maximum Gasteiger partial charge on any atom is 0.339 e. The van der Waals surface area contributed by atoms with E-state index in [0.717, 1.165) is 56.1 Å². The molecule has 2 aromatic rings. The van der Waals surface area contributed by atoms with Gasteiger partial charge in [-0.15, -0.1) is 0 Å². The number of nitrogens with zero attached hydrogens (tertiary/aromatic N) is 2. The van der Waals surface area contributed by atoms with Gasteiger partial charge >= 0.3 is 17.9 Å². The quantitative estimate of drug-likeness (QED) is 0.0511. The van der Waals surface area contributed by atoms with Gasteiger partial charge in [0.25, 0.3) is 0 Å². The fraction of sp³-hybridized carbons (Fsp3) is 0.562. The maximum absolute atomic E-state index is 14.0. The zero-order valence-electron chi connectivity index (χ0n) is 38.4. The van der Waals surface area contributed by atoms with Gasteiger partial charge in [-0.05, 0) is 137 Å². The van der Waals surface area contributed by atoms with Crippen LogP contribution < -0.4 is 24.8 Å². The molecule has 12 nitrogen and oxygen atoms in total. The van der Waals surface area contributed by atoms with Gasteiger partial charge in [0.2, 0.25) is 0 Å². The minimum Gasteiger partial charge on any atom is -0.456 e. The molecule has 5 rings (SSSR count). The topological polar surface area (TPSA) is 148 Å². The van der Waals surface area contributed by atoms with E-state index in [0.29, 0.717) is 64.8 Å². The van der Waals surface area contributed by atoms with Crippen LogP contribution in [0.2, 0.25) is 0 Å². The van der Waals surface area contributed by atoms with Gasteiger partial charge in [-0.3, -0.25) is 14.3 Å². The number of rotatable bonds is 17. The Morgan fingerprint density at radius 1 is 0.919 bits per heavy atom. The second kappa shape index (κ2) is 20.4. The normalized spacial score (nSPS) is 17.1. The summed E-state index contributed by atoms with van der Waals surface area (Å²) in [5.74, 6) is -0.118. The summed E-state index contributed by atoms with van der Waals surface area (Å²) in [5, 5.41) is 16.2. The number of nitrogens with one attached hydrogen (secondary N) is 2. The van der Waals surface area contributed by atoms with Crippen molar-refractivity contribution in [3.8, 4) is 29.1 Å². The summed E-state index contributed by atoms with van der Waals surface area (Å²) in [7, 11) is -0.741. The van der Waals surface area contributed by atoms with Gasteiger partial charge < -0.3 is 34.1 Å². The van der Waals surface area contributed by atoms with E-state index < -0.39 is 42.6 Å². The fourth-order valence-corrected chi connectivity index (χ4v) is 10.3. The third-order valence-corrected chi connectivity index (χ3v) is 13.8. The zero-order chi connectivity index (χ0) is 45.6. The number of hydrogen-bond acceptors (Lipinski definition) is 11. The highest BCUT2D eigenvalue weighted by Crippen LogP contribution is 2.59. The highest BCUT2D eigenvalue weighted by Gasteiger charge is 2.56. The van der Waals surface area contributed by atoms with E-state index >= 15 is 0 Å². The molecule has 0 amide bonds. The van der Waals surface area contributed by atoms with Crippen molar-refractivity contribution in [2.45, 2.75) is 139 Å². The van der Waals surface area contributed by atoms with Crippen LogP contribution in [0.15, 0.2) is 59.3 Å². The van der Waals surface area contributed by atoms with Crippen LogP contribution >= 0.6 is 20.5 Å². The lowest BCUT2D eigenvalue weighted by molar-refractivity contribution is -0.145. The van der Waals surface area contributed by atoms with Crippen LogP contribution in [0.25, 0.3) is 0 Å². The van der Waals surface area contributed by atoms with Crippen molar-refractivity contribution in [1.82, 2.24) is 15.3 Å². The lowest BCUT2D eigenvalue weighted by Crippen LogP contribution is -2.39. The number of carbonyl (C=O) groups is 3. The predicted molar refractivity (Wildman–Crippen MR) is 246 cm³/mol. The average Bonchev–Trinajstić information content (AvgIpc) is 3.45. The summed E-state index contributed by atoms with van der Waals surface area (Å²) in [4.78, 5) is 39.7. The number of benzene rings is 2. The third-order valence-electron chi connectivity index (χ3n) is 10.9. The van der Waals surface area contributed by atoms with Gasteiger partial charge in [-0.25, -0.2) is 4.79 Å². The molecule has 336 valence electrons. The molecule has 2 aliphatic heterocycles. The van der Waals surface area contributed by atoms with Crippen molar-refractivity contribution in [1.29, 1.82) is 5.26 Å². The first-order valence-electron chi connectivity index (χ1n) is 21.9. The number of hydrogen-bond donors (Lipinski definition) is 2. The summed E-state index contributed by atoms with van der Waals surface area (Å²) in [5.41, 5.74) is 0.359. The molecule has 0 fully saturated rings. The monoisotopic (exact) mass is 888 g/mol. The molecule has 0 aromatic heterocycles. The molecule has 2 heterocycles. The van der Waals surface area contributed by atoms with E-state index in [4.69, 9.17) is 41.0 Å². The highest BCUT2D eigenvalue weighted by molar-refractivity contribution is 7.80. The van der Waals surface area contributed by atoms with Crippen LogP contribution in [0.3, 0.4) is 0 Å². The third kappa shape index (κ3) is 11.4. The minimum atomic E-state index is -1.35. The number of nitriles is 1. The molecular weight excluding hydrogens is 824 g/mol. The van der Waals surface area contributed by atoms with Crippen LogP contribution in [-0.4, -0.2) is 59.1 Å². The number of allylic oxidation sites excluding steroid dienone is 1. The summed E-state index contributed by atoms with van der Waals surface area (Å²) >= 11 is 5.73. The Balaban J connectivity index is 1.28. The Labute approximate surface area is 375 Å². The Morgan fingerprint density at radius 3 is 2.00 bits per heavy atom. The minimum absolute atomic E-state index is 0.0645. The summed E-state index contributed by atoms with van der Waals surface area (Å²) in [6, 6.07) is 13.1. The number of fused-ring (bicyclic) bond motifs is 5. The van der Waals surface area contributed by atoms with Crippen LogP contribution in [0.5, 0.6) is 23.0 Å². The molecule has 62 heavy (non-hydrogen) atoms. The van der Waals surface area contributed by atoms with Crippen LogP contribution in [0, 0.1) is 28.1 Å². The molecule has 0 bridgehead atoms. The molecule has 2 N–H and O–H groups in total. The number of unbranched alkanes of at least 4 members (excludes halogenated alkanes) is 4. The van der Waals surface area contributed by atoms with Gasteiger partial charge in [0.05, 0.1) is 35.5 Å². The second-order valence-electron chi connectivity index (χ2n) is 18.9. The number of ether oxygens (including phenoxy) is 4. The standard InChI is InChI=1S/C48H65N4O8PS/c1-30(2)52(31(3)4)61(56-24-17-22-49)25-16-14-12-13-15-23-50-45(62)51-39-29-35-38(26-32(39)5)48(60-42(35)53)36-20-18-33(57-43(54)46(6,7)8)27-40(36)59-41-28-34(19-21-37(41)48)58-44(55)47(9,10)11/h18-21,27-32H,12-17,23-26H2,1-11H3,(H2,50,51,62)/t32-,61?/m1/s1. The first-order chi connectivity index (χ1) is 29.2. The average molecular weight is 889 g/mol. The predicted octanol–water partition coefficient (Wildman–Crippen LogP) is 10.5. The van der Waals surface area contributed by atoms with Crippen LogP contribution in [0.1, 0.15) is 132 Å². The van der Waals surface area contributed by atoms with E-state index in [9.17, 15) is 14.4 Å². The Kier molecular flexibility index (Phi) is 16.1. The molecule has 2 aromatic carbocycles. The second-order valence-corrected chi connectivity index (χ2v) is 21.2. The lowest BCUT2D eigenvalue weighted by Gasteiger charge is -2.39. The van der Waals surface area contributed by atoms with Crippen molar-refractivity contribution in [2.75, 3.05) is 19.3 Å². The number of esters is 3. The molecule has 1 spiro atoms. The molecule has 0 radical (unpaired) electrons. The first-order valence-corrected chi connectivity index (χ1v) is 23.7.